The number of hydrogen-bond acceptors (Lipinski definition) is 2. The first kappa shape index (κ1) is 13.7. The molecule has 0 spiro atoms. The minimum absolute atomic E-state index is 0.0604. The van der Waals surface area contributed by atoms with Crippen LogP contribution < -0.4 is 4.74 Å². The molecule has 0 unspecified atom stereocenters. The molecule has 108 valence electrons. The first-order valence-corrected chi connectivity index (χ1v) is 7.41. The fourth-order valence-electron chi connectivity index (χ4n) is 2.70. The molecule has 0 aliphatic carbocycles. The highest BCUT2D eigenvalue weighted by Gasteiger charge is 2.19. The number of fused-ring (bicyclic) bond motifs is 2. The fourth-order valence-corrected chi connectivity index (χ4v) is 2.70. The molecule has 21 heavy (non-hydrogen) atoms. The average Bonchev–Trinajstić information content (AvgIpc) is 2.53. The van der Waals surface area contributed by atoms with Crippen molar-refractivity contribution in [3.63, 3.8) is 0 Å². The highest BCUT2D eigenvalue weighted by atomic mass is 16.5. The van der Waals surface area contributed by atoms with E-state index in [1.807, 2.05) is 55.1 Å². The largest absolute Gasteiger partial charge is 0.457 e. The van der Waals surface area contributed by atoms with E-state index in [0.29, 0.717) is 5.56 Å². The quantitative estimate of drug-likeness (QED) is 0.729. The Kier molecular flexibility index (Phi) is 3.65. The van der Waals surface area contributed by atoms with Crippen molar-refractivity contribution in [2.75, 3.05) is 13.1 Å². The van der Waals surface area contributed by atoms with Gasteiger partial charge >= 0.3 is 0 Å². The summed E-state index contributed by atoms with van der Waals surface area (Å²) in [5, 5.41) is 0. The van der Waals surface area contributed by atoms with Gasteiger partial charge in [-0.3, -0.25) is 4.79 Å². The predicted octanol–water partition coefficient (Wildman–Crippen LogP) is 3.87. The monoisotopic (exact) mass is 281 g/mol. The maximum Gasteiger partial charge on any atom is 0.253 e. The molecule has 0 bridgehead atoms. The lowest BCUT2D eigenvalue weighted by atomic mass is 9.99. The van der Waals surface area contributed by atoms with Crippen molar-refractivity contribution in [1.82, 2.24) is 4.90 Å². The van der Waals surface area contributed by atoms with Gasteiger partial charge in [0.2, 0.25) is 0 Å². The number of benzene rings is 2. The first-order valence-electron chi connectivity index (χ1n) is 7.41. The van der Waals surface area contributed by atoms with E-state index in [0.717, 1.165) is 36.6 Å². The van der Waals surface area contributed by atoms with Crippen molar-refractivity contribution < 1.29 is 9.53 Å². The van der Waals surface area contributed by atoms with Crippen LogP contribution in [0.2, 0.25) is 0 Å². The van der Waals surface area contributed by atoms with Gasteiger partial charge in [0.05, 0.1) is 0 Å². The molecule has 1 aliphatic heterocycles. The van der Waals surface area contributed by atoms with Gasteiger partial charge in [0, 0.05) is 25.1 Å². The summed E-state index contributed by atoms with van der Waals surface area (Å²) in [4.78, 5) is 14.2. The van der Waals surface area contributed by atoms with Crippen LogP contribution in [0.15, 0.2) is 42.5 Å². The molecule has 0 fully saturated rings. The number of nitrogens with zero attached hydrogens (tertiary/aromatic N) is 1. The molecule has 0 aromatic heterocycles. The number of carbonyl (C=O) groups excluding carboxylic acids is 1. The maximum atomic E-state index is 12.4. The van der Waals surface area contributed by atoms with E-state index in [9.17, 15) is 4.79 Å². The molecule has 2 aromatic rings. The van der Waals surface area contributed by atoms with Gasteiger partial charge in [0.25, 0.3) is 5.91 Å². The zero-order valence-corrected chi connectivity index (χ0v) is 12.4. The summed E-state index contributed by atoms with van der Waals surface area (Å²) in [7, 11) is 0. The van der Waals surface area contributed by atoms with Crippen molar-refractivity contribution in [3.05, 3.63) is 59.2 Å². The van der Waals surface area contributed by atoms with E-state index in [4.69, 9.17) is 4.74 Å². The van der Waals surface area contributed by atoms with Gasteiger partial charge in [-0.15, -0.1) is 0 Å². The van der Waals surface area contributed by atoms with Crippen molar-refractivity contribution >= 4 is 5.91 Å². The van der Waals surface area contributed by atoms with E-state index >= 15 is 0 Å². The third-order valence-corrected chi connectivity index (χ3v) is 3.94. The van der Waals surface area contributed by atoms with Crippen LogP contribution >= 0.6 is 0 Å². The highest BCUT2D eigenvalue weighted by molar-refractivity contribution is 5.94. The topological polar surface area (TPSA) is 29.5 Å². The van der Waals surface area contributed by atoms with Gasteiger partial charge in [-0.2, -0.15) is 0 Å². The van der Waals surface area contributed by atoms with Gasteiger partial charge in [-0.25, -0.2) is 0 Å². The number of amides is 1. The van der Waals surface area contributed by atoms with E-state index in [1.54, 1.807) is 0 Å². The SMILES string of the molecule is CCN(CC)C(=O)c1ccc2c(c1)Oc1ccccc1C2. The Labute approximate surface area is 125 Å². The van der Waals surface area contributed by atoms with Crippen LogP contribution in [-0.4, -0.2) is 23.9 Å². The van der Waals surface area contributed by atoms with E-state index in [2.05, 4.69) is 6.07 Å². The minimum Gasteiger partial charge on any atom is -0.457 e. The Hall–Kier alpha value is -2.29. The van der Waals surface area contributed by atoms with Crippen LogP contribution in [0.5, 0.6) is 11.5 Å². The van der Waals surface area contributed by atoms with Crippen molar-refractivity contribution in [1.29, 1.82) is 0 Å². The first-order chi connectivity index (χ1) is 10.2. The van der Waals surface area contributed by atoms with E-state index in [1.165, 1.54) is 5.56 Å². The second kappa shape index (κ2) is 5.60. The van der Waals surface area contributed by atoms with Gasteiger partial charge in [-0.1, -0.05) is 24.3 Å². The summed E-state index contributed by atoms with van der Waals surface area (Å²) >= 11 is 0. The second-order valence-electron chi connectivity index (χ2n) is 5.19. The number of carbonyl (C=O) groups is 1. The van der Waals surface area contributed by atoms with Crippen LogP contribution in [0.1, 0.15) is 35.3 Å². The Morgan fingerprint density at radius 3 is 2.52 bits per heavy atom. The number of hydrogen-bond donors (Lipinski definition) is 0. The van der Waals surface area contributed by atoms with Crippen molar-refractivity contribution in [3.8, 4) is 11.5 Å². The van der Waals surface area contributed by atoms with Gasteiger partial charge in [0.1, 0.15) is 11.5 Å². The number of para-hydroxylation sites is 1. The molecular formula is C18H19NO2. The summed E-state index contributed by atoms with van der Waals surface area (Å²) in [6.45, 7) is 5.42. The van der Waals surface area contributed by atoms with Crippen LogP contribution in [0.4, 0.5) is 0 Å². The standard InChI is InChI=1S/C18H19NO2/c1-3-19(4-2)18(20)15-10-9-14-11-13-7-5-6-8-16(13)21-17(14)12-15/h5-10,12H,3-4,11H2,1-2H3. The molecule has 3 heteroatoms. The lowest BCUT2D eigenvalue weighted by Crippen LogP contribution is -2.30. The molecule has 0 radical (unpaired) electrons. The van der Waals surface area contributed by atoms with Crippen LogP contribution in [0.3, 0.4) is 0 Å². The molecule has 3 rings (SSSR count). The Balaban J connectivity index is 1.92. The zero-order chi connectivity index (χ0) is 14.8. The summed E-state index contributed by atoms with van der Waals surface area (Å²) in [6.07, 6.45) is 0.852. The molecule has 3 nitrogen and oxygen atoms in total. The molecule has 0 N–H and O–H groups in total. The van der Waals surface area contributed by atoms with Gasteiger partial charge in [0.15, 0.2) is 0 Å². The average molecular weight is 281 g/mol. The molecule has 1 aliphatic rings. The summed E-state index contributed by atoms with van der Waals surface area (Å²) in [5.41, 5.74) is 3.01. The summed E-state index contributed by atoms with van der Waals surface area (Å²) in [6, 6.07) is 13.8. The maximum absolute atomic E-state index is 12.4. The van der Waals surface area contributed by atoms with Crippen LogP contribution in [0.25, 0.3) is 0 Å². The molecule has 1 heterocycles. The van der Waals surface area contributed by atoms with E-state index in [-0.39, 0.29) is 5.91 Å². The summed E-state index contributed by atoms with van der Waals surface area (Å²) in [5.74, 6) is 1.74. The van der Waals surface area contributed by atoms with Gasteiger partial charge < -0.3 is 9.64 Å². The number of ether oxygens (including phenoxy) is 1. The predicted molar refractivity (Wildman–Crippen MR) is 83.0 cm³/mol. The Bertz CT molecular complexity index is 675. The normalized spacial score (nSPS) is 12.1. The van der Waals surface area contributed by atoms with E-state index < -0.39 is 0 Å². The van der Waals surface area contributed by atoms with Gasteiger partial charge in [-0.05, 0) is 43.2 Å². The Morgan fingerprint density at radius 2 is 1.76 bits per heavy atom. The smallest absolute Gasteiger partial charge is 0.253 e. The molecular weight excluding hydrogens is 262 g/mol. The third-order valence-electron chi connectivity index (χ3n) is 3.94. The lowest BCUT2D eigenvalue weighted by Gasteiger charge is -2.22. The second-order valence-corrected chi connectivity index (χ2v) is 5.19. The van der Waals surface area contributed by atoms with Crippen molar-refractivity contribution in [2.24, 2.45) is 0 Å². The summed E-state index contributed by atoms with van der Waals surface area (Å²) < 4.78 is 5.94. The molecule has 1 amide bonds. The third kappa shape index (κ3) is 2.51. The highest BCUT2D eigenvalue weighted by Crippen LogP contribution is 2.36. The zero-order valence-electron chi connectivity index (χ0n) is 12.4. The Morgan fingerprint density at radius 1 is 1.05 bits per heavy atom. The molecule has 2 aromatic carbocycles. The fraction of sp³-hybridized carbons (Fsp3) is 0.278. The minimum atomic E-state index is 0.0604. The molecule has 0 atom stereocenters. The van der Waals surface area contributed by atoms with Crippen LogP contribution in [-0.2, 0) is 6.42 Å². The molecule has 0 saturated heterocycles. The number of rotatable bonds is 3. The van der Waals surface area contributed by atoms with Crippen LogP contribution in [0, 0.1) is 0 Å². The molecule has 0 saturated carbocycles. The lowest BCUT2D eigenvalue weighted by molar-refractivity contribution is 0.0772. The van der Waals surface area contributed by atoms with Crippen molar-refractivity contribution in [2.45, 2.75) is 20.3 Å².